The maximum absolute atomic E-state index is 11.1. The summed E-state index contributed by atoms with van der Waals surface area (Å²) in [5.41, 5.74) is 6.69. The minimum atomic E-state index is -0.435. The Hall–Kier alpha value is -2.08. The maximum Gasteiger partial charge on any atom is 0.248 e. The van der Waals surface area contributed by atoms with Crippen molar-refractivity contribution >= 4 is 27.7 Å². The molecule has 0 fully saturated rings. The normalized spacial score (nSPS) is 10.1. The predicted molar refractivity (Wildman–Crippen MR) is 80.8 cm³/mol. The van der Waals surface area contributed by atoms with Crippen molar-refractivity contribution in [2.75, 3.05) is 12.4 Å². The highest BCUT2D eigenvalue weighted by molar-refractivity contribution is 9.10. The van der Waals surface area contributed by atoms with Crippen LogP contribution in [0, 0.1) is 0 Å². The molecule has 0 aliphatic heterocycles. The van der Waals surface area contributed by atoms with Gasteiger partial charge in [-0.3, -0.25) is 4.79 Å². The number of benzene rings is 1. The molecule has 0 unspecified atom stereocenters. The first-order chi connectivity index (χ1) is 9.60. The number of carbonyl (C=O) groups excluding carboxylic acids is 1. The third-order valence-corrected chi connectivity index (χ3v) is 3.32. The molecule has 0 aliphatic carbocycles. The Morgan fingerprint density at radius 3 is 2.95 bits per heavy atom. The van der Waals surface area contributed by atoms with Gasteiger partial charge in [-0.25, -0.2) is 4.98 Å². The van der Waals surface area contributed by atoms with Crippen molar-refractivity contribution in [1.82, 2.24) is 4.98 Å². The Kier molecular flexibility index (Phi) is 4.57. The Labute approximate surface area is 125 Å². The van der Waals surface area contributed by atoms with Crippen LogP contribution in [0.2, 0.25) is 0 Å². The first kappa shape index (κ1) is 14.3. The molecule has 1 aromatic heterocycles. The van der Waals surface area contributed by atoms with Gasteiger partial charge in [0.1, 0.15) is 11.6 Å². The standard InChI is InChI=1S/C14H14BrN3O2/c1-20-12-6-13(18-8-11(12)15)17-7-9-3-2-4-10(5-9)14(16)19/h2-6,8H,7H2,1H3,(H2,16,19)(H,17,18). The highest BCUT2D eigenvalue weighted by Gasteiger charge is 2.04. The summed E-state index contributed by atoms with van der Waals surface area (Å²) in [6.07, 6.45) is 1.67. The molecule has 20 heavy (non-hydrogen) atoms. The van der Waals surface area contributed by atoms with Gasteiger partial charge in [0.15, 0.2) is 0 Å². The molecule has 104 valence electrons. The van der Waals surface area contributed by atoms with Gasteiger partial charge in [-0.15, -0.1) is 0 Å². The number of ether oxygens (including phenoxy) is 1. The molecule has 2 rings (SSSR count). The number of hydrogen-bond donors (Lipinski definition) is 2. The summed E-state index contributed by atoms with van der Waals surface area (Å²) in [6, 6.07) is 8.95. The molecular weight excluding hydrogens is 322 g/mol. The average molecular weight is 336 g/mol. The molecule has 2 aromatic rings. The minimum absolute atomic E-state index is 0.435. The van der Waals surface area contributed by atoms with Crippen LogP contribution in [0.4, 0.5) is 5.82 Å². The van der Waals surface area contributed by atoms with Crippen molar-refractivity contribution in [2.24, 2.45) is 5.73 Å². The quantitative estimate of drug-likeness (QED) is 0.880. The Morgan fingerprint density at radius 1 is 1.45 bits per heavy atom. The number of hydrogen-bond acceptors (Lipinski definition) is 4. The van der Waals surface area contributed by atoms with Crippen LogP contribution in [0.3, 0.4) is 0 Å². The van der Waals surface area contributed by atoms with E-state index in [1.165, 1.54) is 0 Å². The zero-order chi connectivity index (χ0) is 14.5. The van der Waals surface area contributed by atoms with Gasteiger partial charge < -0.3 is 15.8 Å². The van der Waals surface area contributed by atoms with Crippen molar-refractivity contribution < 1.29 is 9.53 Å². The van der Waals surface area contributed by atoms with E-state index in [0.29, 0.717) is 23.7 Å². The first-order valence-electron chi connectivity index (χ1n) is 5.92. The molecule has 0 radical (unpaired) electrons. The Morgan fingerprint density at radius 2 is 2.25 bits per heavy atom. The lowest BCUT2D eigenvalue weighted by Crippen LogP contribution is -2.11. The number of pyridine rings is 1. The van der Waals surface area contributed by atoms with Gasteiger partial charge >= 0.3 is 0 Å². The van der Waals surface area contributed by atoms with E-state index in [0.717, 1.165) is 10.0 Å². The summed E-state index contributed by atoms with van der Waals surface area (Å²) in [7, 11) is 1.60. The van der Waals surface area contributed by atoms with E-state index in [4.69, 9.17) is 10.5 Å². The van der Waals surface area contributed by atoms with Crippen LogP contribution in [-0.2, 0) is 6.54 Å². The summed E-state index contributed by atoms with van der Waals surface area (Å²) in [5, 5.41) is 3.16. The lowest BCUT2D eigenvalue weighted by molar-refractivity contribution is 0.1000. The number of nitrogens with one attached hydrogen (secondary N) is 1. The summed E-state index contributed by atoms with van der Waals surface area (Å²) in [5.74, 6) is 0.957. The van der Waals surface area contributed by atoms with Gasteiger partial charge in [0, 0.05) is 24.4 Å². The number of methoxy groups -OCH3 is 1. The van der Waals surface area contributed by atoms with Crippen LogP contribution in [0.25, 0.3) is 0 Å². The molecular formula is C14H14BrN3O2. The van der Waals surface area contributed by atoms with E-state index in [1.54, 1.807) is 37.6 Å². The topological polar surface area (TPSA) is 77.2 Å². The predicted octanol–water partition coefficient (Wildman–Crippen LogP) is 2.56. The zero-order valence-electron chi connectivity index (χ0n) is 10.9. The van der Waals surface area contributed by atoms with Crippen LogP contribution >= 0.6 is 15.9 Å². The summed E-state index contributed by atoms with van der Waals surface area (Å²) >= 11 is 3.35. The van der Waals surface area contributed by atoms with Crippen molar-refractivity contribution in [3.63, 3.8) is 0 Å². The third-order valence-electron chi connectivity index (χ3n) is 2.73. The lowest BCUT2D eigenvalue weighted by Gasteiger charge is -2.09. The number of anilines is 1. The fourth-order valence-electron chi connectivity index (χ4n) is 1.70. The van der Waals surface area contributed by atoms with E-state index in [1.807, 2.05) is 6.07 Å². The molecule has 0 aliphatic rings. The number of nitrogens with two attached hydrogens (primary N) is 1. The highest BCUT2D eigenvalue weighted by atomic mass is 79.9. The van der Waals surface area contributed by atoms with Gasteiger partial charge in [-0.1, -0.05) is 12.1 Å². The summed E-state index contributed by atoms with van der Waals surface area (Å²) < 4.78 is 5.99. The van der Waals surface area contributed by atoms with E-state index in [9.17, 15) is 4.79 Å². The van der Waals surface area contributed by atoms with Crippen LogP contribution in [0.5, 0.6) is 5.75 Å². The molecule has 1 aromatic carbocycles. The molecule has 0 atom stereocenters. The number of aromatic nitrogens is 1. The van der Waals surface area contributed by atoms with Crippen LogP contribution < -0.4 is 15.8 Å². The molecule has 5 nitrogen and oxygen atoms in total. The van der Waals surface area contributed by atoms with Crippen LogP contribution in [0.15, 0.2) is 41.0 Å². The molecule has 0 spiro atoms. The number of rotatable bonds is 5. The fraction of sp³-hybridized carbons (Fsp3) is 0.143. The van der Waals surface area contributed by atoms with E-state index < -0.39 is 5.91 Å². The Bertz CT molecular complexity index is 632. The lowest BCUT2D eigenvalue weighted by atomic mass is 10.1. The van der Waals surface area contributed by atoms with E-state index >= 15 is 0 Å². The van der Waals surface area contributed by atoms with Crippen molar-refractivity contribution in [3.05, 3.63) is 52.1 Å². The molecule has 6 heteroatoms. The van der Waals surface area contributed by atoms with Crippen molar-refractivity contribution in [2.45, 2.75) is 6.54 Å². The average Bonchev–Trinajstić information content (AvgIpc) is 2.46. The molecule has 0 saturated carbocycles. The Balaban J connectivity index is 2.08. The van der Waals surface area contributed by atoms with Gasteiger partial charge in [0.2, 0.25) is 5.91 Å². The van der Waals surface area contributed by atoms with Crippen LogP contribution in [0.1, 0.15) is 15.9 Å². The monoisotopic (exact) mass is 335 g/mol. The van der Waals surface area contributed by atoms with Gasteiger partial charge in [0.05, 0.1) is 11.6 Å². The van der Waals surface area contributed by atoms with Gasteiger partial charge in [-0.2, -0.15) is 0 Å². The second kappa shape index (κ2) is 6.38. The van der Waals surface area contributed by atoms with E-state index in [2.05, 4.69) is 26.2 Å². The molecule has 1 amide bonds. The zero-order valence-corrected chi connectivity index (χ0v) is 12.5. The van der Waals surface area contributed by atoms with Crippen molar-refractivity contribution in [3.8, 4) is 5.75 Å². The second-order valence-corrected chi connectivity index (χ2v) is 4.98. The van der Waals surface area contributed by atoms with E-state index in [-0.39, 0.29) is 0 Å². The van der Waals surface area contributed by atoms with Gasteiger partial charge in [-0.05, 0) is 33.6 Å². The molecule has 1 heterocycles. The largest absolute Gasteiger partial charge is 0.495 e. The summed E-state index contributed by atoms with van der Waals surface area (Å²) in [4.78, 5) is 15.3. The number of amides is 1. The number of halogens is 1. The van der Waals surface area contributed by atoms with Crippen molar-refractivity contribution in [1.29, 1.82) is 0 Å². The maximum atomic E-state index is 11.1. The summed E-state index contributed by atoms with van der Waals surface area (Å²) in [6.45, 7) is 0.541. The molecule has 0 bridgehead atoms. The minimum Gasteiger partial charge on any atom is -0.495 e. The number of primary amides is 1. The first-order valence-corrected chi connectivity index (χ1v) is 6.71. The highest BCUT2D eigenvalue weighted by Crippen LogP contribution is 2.25. The molecule has 3 N–H and O–H groups in total. The smallest absolute Gasteiger partial charge is 0.248 e. The number of carbonyl (C=O) groups is 1. The number of nitrogens with zero attached hydrogens (tertiary/aromatic N) is 1. The van der Waals surface area contributed by atoms with Gasteiger partial charge in [0.25, 0.3) is 0 Å². The third kappa shape index (κ3) is 3.48. The molecule has 0 saturated heterocycles. The SMILES string of the molecule is COc1cc(NCc2cccc(C(N)=O)c2)ncc1Br. The van der Waals surface area contributed by atoms with Crippen LogP contribution in [-0.4, -0.2) is 18.0 Å². The fourth-order valence-corrected chi connectivity index (χ4v) is 2.08. The second-order valence-electron chi connectivity index (χ2n) is 4.12.